The maximum absolute atomic E-state index is 10.3. The van der Waals surface area contributed by atoms with Crippen LogP contribution in [0.2, 0.25) is 0 Å². The van der Waals surface area contributed by atoms with Crippen LogP contribution in [0.15, 0.2) is 0 Å². The van der Waals surface area contributed by atoms with Gasteiger partial charge in [-0.2, -0.15) is 0 Å². The molecule has 0 rings (SSSR count). The Bertz CT molecular complexity index is 164. The van der Waals surface area contributed by atoms with E-state index in [9.17, 15) is 9.59 Å². The van der Waals surface area contributed by atoms with E-state index in [1.807, 2.05) is 0 Å². The van der Waals surface area contributed by atoms with Crippen molar-refractivity contribution in [1.29, 1.82) is 0 Å². The molecule has 2 atom stereocenters. The number of rotatable bonds is 4. The number of carboxylic acids is 1. The number of aliphatic carboxylic acids is 1. The molecule has 0 saturated carbocycles. The zero-order valence-corrected chi connectivity index (χ0v) is 5.47. The van der Waals surface area contributed by atoms with Crippen molar-refractivity contribution in [3.63, 3.8) is 0 Å². The number of carbonyl (C=O) groups is 2. The Kier molecular flexibility index (Phi) is 3.66. The summed E-state index contributed by atoms with van der Waals surface area (Å²) >= 11 is 0. The molecule has 0 spiro atoms. The first-order valence-corrected chi connectivity index (χ1v) is 2.74. The van der Waals surface area contributed by atoms with Crippen LogP contribution in [0.3, 0.4) is 0 Å². The fourth-order valence-electron chi connectivity index (χ4n) is 0.401. The molecule has 0 fully saturated rings. The lowest BCUT2D eigenvalue weighted by Gasteiger charge is -2.10. The van der Waals surface area contributed by atoms with Gasteiger partial charge in [0.25, 0.3) is 5.78 Å². The summed E-state index contributed by atoms with van der Waals surface area (Å²) in [7, 11) is 0. The molecule has 11 heavy (non-hydrogen) atoms. The van der Waals surface area contributed by atoms with E-state index < -0.39 is 30.6 Å². The molecule has 0 aromatic rings. The fraction of sp³-hybridized carbons (Fsp3) is 0.600. The summed E-state index contributed by atoms with van der Waals surface area (Å²) in [6.07, 6.45) is -3.80. The maximum atomic E-state index is 10.3. The Morgan fingerprint density at radius 2 is 1.73 bits per heavy atom. The Hall–Kier alpha value is -0.980. The lowest BCUT2D eigenvalue weighted by molar-refractivity contribution is -0.156. The second-order valence-electron chi connectivity index (χ2n) is 1.86. The van der Waals surface area contributed by atoms with E-state index in [-0.39, 0.29) is 0 Å². The number of carbonyl (C=O) groups excluding carboxylic acids is 1. The van der Waals surface area contributed by atoms with Gasteiger partial charge in [0.15, 0.2) is 6.10 Å². The van der Waals surface area contributed by atoms with Crippen molar-refractivity contribution < 1.29 is 30.0 Å². The quantitative estimate of drug-likeness (QED) is 0.337. The van der Waals surface area contributed by atoms with Crippen molar-refractivity contribution >= 4 is 11.8 Å². The predicted octanol–water partition coefficient (Wildman–Crippen LogP) is -2.65. The van der Waals surface area contributed by atoms with Gasteiger partial charge in [-0.25, -0.2) is 4.79 Å². The van der Waals surface area contributed by atoms with Gasteiger partial charge in [-0.1, -0.05) is 0 Å². The van der Waals surface area contributed by atoms with Gasteiger partial charge >= 0.3 is 5.97 Å². The molecule has 0 bridgehead atoms. The van der Waals surface area contributed by atoms with Crippen LogP contribution in [0.4, 0.5) is 0 Å². The molecule has 0 aliphatic carbocycles. The van der Waals surface area contributed by atoms with Crippen molar-refractivity contribution in [3.8, 4) is 0 Å². The van der Waals surface area contributed by atoms with Gasteiger partial charge in [0, 0.05) is 0 Å². The molecule has 0 heterocycles. The van der Waals surface area contributed by atoms with Gasteiger partial charge < -0.3 is 20.4 Å². The number of ketones is 1. The maximum Gasteiger partial charge on any atom is 0.375 e. The summed E-state index contributed by atoms with van der Waals surface area (Å²) < 4.78 is 0. The standard InChI is InChI=1S/C5H8O6/c6-1-2(7)3(8)4(9)5(10)11/h2-3,6-8H,1H2,(H,10,11)/t2-,3+/m0/s1. The smallest absolute Gasteiger partial charge is 0.375 e. The van der Waals surface area contributed by atoms with Crippen LogP contribution in [-0.2, 0) is 9.59 Å². The van der Waals surface area contributed by atoms with Crippen molar-refractivity contribution in [3.05, 3.63) is 0 Å². The van der Waals surface area contributed by atoms with E-state index >= 15 is 0 Å². The summed E-state index contributed by atoms with van der Waals surface area (Å²) in [5.74, 6) is -3.38. The highest BCUT2D eigenvalue weighted by Crippen LogP contribution is 1.93. The van der Waals surface area contributed by atoms with E-state index in [1.54, 1.807) is 0 Å². The summed E-state index contributed by atoms with van der Waals surface area (Å²) in [4.78, 5) is 20.2. The molecule has 0 amide bonds. The molecule has 0 aliphatic heterocycles. The summed E-state index contributed by atoms with van der Waals surface area (Å²) in [5, 5.41) is 33.4. The Balaban J connectivity index is 4.13. The first-order valence-electron chi connectivity index (χ1n) is 2.74. The molecule has 6 heteroatoms. The molecule has 6 nitrogen and oxygen atoms in total. The van der Waals surface area contributed by atoms with Gasteiger partial charge in [0.05, 0.1) is 6.61 Å². The SMILES string of the molecule is O=C(O)C(=O)[C@H](O)[C@@H](O)CO. The first-order chi connectivity index (χ1) is 5.00. The monoisotopic (exact) mass is 164 g/mol. The van der Waals surface area contributed by atoms with E-state index in [4.69, 9.17) is 20.4 Å². The van der Waals surface area contributed by atoms with Crippen LogP contribution in [-0.4, -0.2) is 51.0 Å². The van der Waals surface area contributed by atoms with Crippen LogP contribution in [0.5, 0.6) is 0 Å². The number of Topliss-reactive ketones (excluding diaryl/α,β-unsaturated/α-hetero) is 1. The molecule has 4 N–H and O–H groups in total. The van der Waals surface area contributed by atoms with Gasteiger partial charge in [-0.15, -0.1) is 0 Å². The lowest BCUT2D eigenvalue weighted by Crippen LogP contribution is -2.40. The zero-order chi connectivity index (χ0) is 9.02. The molecular weight excluding hydrogens is 156 g/mol. The third-order valence-electron chi connectivity index (χ3n) is 1.03. The van der Waals surface area contributed by atoms with Gasteiger partial charge in [-0.3, -0.25) is 4.79 Å². The van der Waals surface area contributed by atoms with Crippen LogP contribution in [0.25, 0.3) is 0 Å². The van der Waals surface area contributed by atoms with Crippen LogP contribution in [0, 0.1) is 0 Å². The van der Waals surface area contributed by atoms with Crippen LogP contribution in [0.1, 0.15) is 0 Å². The second kappa shape index (κ2) is 4.02. The van der Waals surface area contributed by atoms with E-state index in [1.165, 1.54) is 0 Å². The normalized spacial score (nSPS) is 15.5. The Labute approximate surface area is 61.7 Å². The van der Waals surface area contributed by atoms with Gasteiger partial charge in [-0.05, 0) is 0 Å². The zero-order valence-electron chi connectivity index (χ0n) is 5.47. The van der Waals surface area contributed by atoms with E-state index in [0.717, 1.165) is 0 Å². The topological polar surface area (TPSA) is 115 Å². The lowest BCUT2D eigenvalue weighted by atomic mass is 10.1. The number of aliphatic hydroxyl groups excluding tert-OH is 3. The number of carboxylic acid groups (broad SMARTS) is 1. The molecular formula is C5H8O6. The first kappa shape index (κ1) is 10.0. The summed E-state index contributed by atoms with van der Waals surface area (Å²) in [6.45, 7) is -0.861. The molecule has 0 saturated heterocycles. The highest BCUT2D eigenvalue weighted by molar-refractivity contribution is 6.34. The Morgan fingerprint density at radius 1 is 1.27 bits per heavy atom. The average molecular weight is 164 g/mol. The average Bonchev–Trinajstić information content (AvgIpc) is 2.00. The minimum Gasteiger partial charge on any atom is -0.475 e. The molecule has 64 valence electrons. The second-order valence-corrected chi connectivity index (χ2v) is 1.86. The predicted molar refractivity (Wildman–Crippen MR) is 31.7 cm³/mol. The molecule has 0 aliphatic rings. The largest absolute Gasteiger partial charge is 0.475 e. The molecule has 0 aromatic carbocycles. The highest BCUT2D eigenvalue weighted by Gasteiger charge is 2.28. The molecule has 0 aromatic heterocycles. The third kappa shape index (κ3) is 2.62. The summed E-state index contributed by atoms with van der Waals surface area (Å²) in [5.41, 5.74) is 0. The summed E-state index contributed by atoms with van der Waals surface area (Å²) in [6, 6.07) is 0. The molecule has 0 radical (unpaired) electrons. The number of hydrogen-bond donors (Lipinski definition) is 4. The number of aliphatic hydroxyl groups is 3. The van der Waals surface area contributed by atoms with Gasteiger partial charge in [0.1, 0.15) is 6.10 Å². The number of hydrogen-bond acceptors (Lipinski definition) is 5. The van der Waals surface area contributed by atoms with Crippen LogP contribution >= 0.6 is 0 Å². The molecule has 0 unspecified atom stereocenters. The Morgan fingerprint density at radius 3 is 2.00 bits per heavy atom. The highest BCUT2D eigenvalue weighted by atomic mass is 16.4. The third-order valence-corrected chi connectivity index (χ3v) is 1.03. The van der Waals surface area contributed by atoms with Crippen molar-refractivity contribution in [2.75, 3.05) is 6.61 Å². The van der Waals surface area contributed by atoms with Gasteiger partial charge in [0.2, 0.25) is 0 Å². The minimum atomic E-state index is -2.06. The van der Waals surface area contributed by atoms with Crippen molar-refractivity contribution in [2.45, 2.75) is 12.2 Å². The van der Waals surface area contributed by atoms with E-state index in [2.05, 4.69) is 0 Å². The minimum absolute atomic E-state index is 0.861. The fourth-order valence-corrected chi connectivity index (χ4v) is 0.401. The van der Waals surface area contributed by atoms with Crippen molar-refractivity contribution in [1.82, 2.24) is 0 Å². The van der Waals surface area contributed by atoms with Crippen LogP contribution < -0.4 is 0 Å². The van der Waals surface area contributed by atoms with Crippen molar-refractivity contribution in [2.24, 2.45) is 0 Å². The van der Waals surface area contributed by atoms with E-state index in [0.29, 0.717) is 0 Å².